The lowest BCUT2D eigenvalue weighted by Gasteiger charge is -2.35. The van der Waals surface area contributed by atoms with E-state index < -0.39 is 0 Å². The van der Waals surface area contributed by atoms with Crippen molar-refractivity contribution in [1.82, 2.24) is 14.7 Å². The second kappa shape index (κ2) is 8.27. The van der Waals surface area contributed by atoms with Gasteiger partial charge in [-0.25, -0.2) is 0 Å². The molecule has 1 N–H and O–H groups in total. The molecule has 0 atom stereocenters. The summed E-state index contributed by atoms with van der Waals surface area (Å²) in [6, 6.07) is 6.46. The Morgan fingerprint density at radius 3 is 2.41 bits per heavy atom. The molecule has 7 nitrogen and oxygen atoms in total. The van der Waals surface area contributed by atoms with Gasteiger partial charge < -0.3 is 10.2 Å². The molecule has 0 unspecified atom stereocenters. The molecule has 3 aliphatic rings. The van der Waals surface area contributed by atoms with Crippen molar-refractivity contribution in [2.45, 2.75) is 25.8 Å². The van der Waals surface area contributed by atoms with Gasteiger partial charge in [0, 0.05) is 57.8 Å². The summed E-state index contributed by atoms with van der Waals surface area (Å²) in [5.41, 5.74) is 3.97. The number of imide groups is 1. The molecule has 1 aromatic rings. The first kappa shape index (κ1) is 19.6. The smallest absolute Gasteiger partial charge is 0.242 e. The number of anilines is 1. The molecule has 8 heteroatoms. The van der Waals surface area contributed by atoms with Crippen LogP contribution in [0.4, 0.5) is 5.69 Å². The number of nitrogens with zero attached hydrogens (tertiary/aromatic N) is 3. The molecular formula is C19H25ClN4O3. The Morgan fingerprint density at radius 2 is 1.70 bits per heavy atom. The van der Waals surface area contributed by atoms with Crippen LogP contribution in [0.25, 0.3) is 0 Å². The molecular weight excluding hydrogens is 368 g/mol. The highest BCUT2D eigenvalue weighted by Crippen LogP contribution is 2.27. The summed E-state index contributed by atoms with van der Waals surface area (Å²) in [6.45, 7) is 4.65. The molecule has 4 rings (SSSR count). The van der Waals surface area contributed by atoms with Crippen LogP contribution in [0.3, 0.4) is 0 Å². The number of rotatable bonds is 4. The van der Waals surface area contributed by atoms with Gasteiger partial charge in [-0.05, 0) is 17.5 Å². The van der Waals surface area contributed by atoms with Crippen LogP contribution < -0.4 is 5.32 Å². The molecule has 0 radical (unpaired) electrons. The molecule has 146 valence electrons. The summed E-state index contributed by atoms with van der Waals surface area (Å²) >= 11 is 0. The van der Waals surface area contributed by atoms with Crippen LogP contribution >= 0.6 is 12.4 Å². The van der Waals surface area contributed by atoms with Crippen molar-refractivity contribution in [1.29, 1.82) is 0 Å². The summed E-state index contributed by atoms with van der Waals surface area (Å²) in [6.07, 6.45) is 1.55. The monoisotopic (exact) mass is 392 g/mol. The van der Waals surface area contributed by atoms with E-state index in [1.54, 1.807) is 4.90 Å². The Balaban J connectivity index is 0.00000210. The number of carbonyl (C=O) groups excluding carboxylic acids is 3. The fourth-order valence-electron chi connectivity index (χ4n) is 3.97. The van der Waals surface area contributed by atoms with Crippen molar-refractivity contribution in [3.8, 4) is 0 Å². The van der Waals surface area contributed by atoms with E-state index in [1.807, 2.05) is 0 Å². The molecule has 3 aliphatic heterocycles. The number of hydrogen-bond donors (Lipinski definition) is 1. The van der Waals surface area contributed by atoms with Gasteiger partial charge in [0.15, 0.2) is 0 Å². The van der Waals surface area contributed by atoms with Gasteiger partial charge in [-0.3, -0.25) is 24.2 Å². The molecule has 0 spiro atoms. The van der Waals surface area contributed by atoms with Crippen LogP contribution in [0.5, 0.6) is 0 Å². The lowest BCUT2D eigenvalue weighted by molar-refractivity contribution is -0.146. The zero-order valence-electron chi connectivity index (χ0n) is 15.3. The number of likely N-dealkylation sites (tertiary alicyclic amines) is 1. The number of benzene rings is 1. The van der Waals surface area contributed by atoms with Gasteiger partial charge in [-0.1, -0.05) is 18.2 Å². The zero-order valence-corrected chi connectivity index (χ0v) is 16.1. The maximum atomic E-state index is 12.4. The molecule has 0 bridgehead atoms. The summed E-state index contributed by atoms with van der Waals surface area (Å²) in [5.74, 6) is -0.588. The first-order valence-corrected chi connectivity index (χ1v) is 9.30. The van der Waals surface area contributed by atoms with Crippen molar-refractivity contribution < 1.29 is 14.4 Å². The van der Waals surface area contributed by atoms with E-state index in [4.69, 9.17) is 0 Å². The topological polar surface area (TPSA) is 73.0 Å². The van der Waals surface area contributed by atoms with E-state index in [-0.39, 0.29) is 49.5 Å². The van der Waals surface area contributed by atoms with Crippen molar-refractivity contribution in [3.05, 3.63) is 29.3 Å². The van der Waals surface area contributed by atoms with Gasteiger partial charge in [-0.15, -0.1) is 12.4 Å². The van der Waals surface area contributed by atoms with Gasteiger partial charge in [0.25, 0.3) is 0 Å². The fraction of sp³-hybridized carbons (Fsp3) is 0.526. The Hall–Kier alpha value is -2.12. The molecule has 2 fully saturated rings. The highest BCUT2D eigenvalue weighted by atomic mass is 35.5. The number of hydrogen-bond acceptors (Lipinski definition) is 5. The van der Waals surface area contributed by atoms with E-state index in [2.05, 4.69) is 28.4 Å². The molecule has 1 aromatic carbocycles. The molecule has 0 aromatic heterocycles. The number of piperazine rings is 1. The summed E-state index contributed by atoms with van der Waals surface area (Å²) in [7, 11) is 0. The van der Waals surface area contributed by atoms with Crippen LogP contribution in [-0.2, 0) is 27.3 Å². The molecule has 0 saturated carbocycles. The highest BCUT2D eigenvalue weighted by molar-refractivity contribution is 6.04. The third kappa shape index (κ3) is 4.09. The second-order valence-electron chi connectivity index (χ2n) is 7.16. The Morgan fingerprint density at radius 1 is 1.00 bits per heavy atom. The standard InChI is InChI=1S/C19H24N4O3.ClH/c24-16-4-5-17(25)23(16)13-18(26)22-10-8-21(9-11-22)12-15-3-1-2-14-6-7-20-19(14)15;/h1-3,20H,4-13H2;1H. The van der Waals surface area contributed by atoms with Crippen LogP contribution in [0.2, 0.25) is 0 Å². The number of carbonyl (C=O) groups is 3. The van der Waals surface area contributed by atoms with E-state index in [9.17, 15) is 14.4 Å². The fourth-order valence-corrected chi connectivity index (χ4v) is 3.97. The maximum Gasteiger partial charge on any atom is 0.242 e. The van der Waals surface area contributed by atoms with E-state index in [0.29, 0.717) is 13.1 Å². The van der Waals surface area contributed by atoms with E-state index in [1.165, 1.54) is 16.8 Å². The minimum atomic E-state index is -0.229. The van der Waals surface area contributed by atoms with Crippen molar-refractivity contribution in [2.75, 3.05) is 44.6 Å². The lowest BCUT2D eigenvalue weighted by atomic mass is 10.1. The minimum Gasteiger partial charge on any atom is -0.384 e. The highest BCUT2D eigenvalue weighted by Gasteiger charge is 2.32. The van der Waals surface area contributed by atoms with Crippen molar-refractivity contribution >= 4 is 35.8 Å². The Kier molecular flexibility index (Phi) is 6.01. The quantitative estimate of drug-likeness (QED) is 0.770. The van der Waals surface area contributed by atoms with Crippen molar-refractivity contribution in [3.63, 3.8) is 0 Å². The summed E-state index contributed by atoms with van der Waals surface area (Å²) < 4.78 is 0. The lowest BCUT2D eigenvalue weighted by Crippen LogP contribution is -2.51. The number of nitrogens with one attached hydrogen (secondary N) is 1. The Bertz CT molecular complexity index is 730. The van der Waals surface area contributed by atoms with Crippen LogP contribution in [0, 0.1) is 0 Å². The number of fused-ring (bicyclic) bond motifs is 1. The molecule has 3 heterocycles. The number of halogens is 1. The normalized spacial score (nSPS) is 19.7. The molecule has 27 heavy (non-hydrogen) atoms. The van der Waals surface area contributed by atoms with Crippen LogP contribution in [0.1, 0.15) is 24.0 Å². The Labute approximate surface area is 165 Å². The zero-order chi connectivity index (χ0) is 18.1. The number of para-hydroxylation sites is 1. The second-order valence-corrected chi connectivity index (χ2v) is 7.16. The average molecular weight is 393 g/mol. The van der Waals surface area contributed by atoms with Crippen LogP contribution in [-0.4, -0.2) is 71.7 Å². The SMILES string of the molecule is Cl.O=C(CN1C(=O)CCC1=O)N1CCN(Cc2cccc3c2NCC3)CC1. The summed E-state index contributed by atoms with van der Waals surface area (Å²) in [4.78, 5) is 41.0. The van der Waals surface area contributed by atoms with Gasteiger partial charge in [0.2, 0.25) is 17.7 Å². The van der Waals surface area contributed by atoms with Gasteiger partial charge >= 0.3 is 0 Å². The predicted molar refractivity (Wildman–Crippen MR) is 104 cm³/mol. The number of amides is 3. The van der Waals surface area contributed by atoms with Gasteiger partial charge in [0.05, 0.1) is 0 Å². The van der Waals surface area contributed by atoms with Gasteiger partial charge in [0.1, 0.15) is 6.54 Å². The molecule has 3 amide bonds. The molecule has 0 aliphatic carbocycles. The molecule has 2 saturated heterocycles. The average Bonchev–Trinajstić information content (AvgIpc) is 3.25. The van der Waals surface area contributed by atoms with E-state index in [0.717, 1.165) is 37.5 Å². The largest absolute Gasteiger partial charge is 0.384 e. The van der Waals surface area contributed by atoms with Crippen molar-refractivity contribution in [2.24, 2.45) is 0 Å². The first-order chi connectivity index (χ1) is 12.6. The maximum absolute atomic E-state index is 12.4. The van der Waals surface area contributed by atoms with Gasteiger partial charge in [-0.2, -0.15) is 0 Å². The third-order valence-electron chi connectivity index (χ3n) is 5.50. The predicted octanol–water partition coefficient (Wildman–Crippen LogP) is 0.870. The third-order valence-corrected chi connectivity index (χ3v) is 5.50. The summed E-state index contributed by atoms with van der Waals surface area (Å²) in [5, 5.41) is 3.47. The van der Waals surface area contributed by atoms with E-state index >= 15 is 0 Å². The first-order valence-electron chi connectivity index (χ1n) is 9.30. The van der Waals surface area contributed by atoms with Crippen LogP contribution in [0.15, 0.2) is 18.2 Å². The minimum absolute atomic E-state index is 0.